The lowest BCUT2D eigenvalue weighted by molar-refractivity contribution is -0.782. The number of nitrogens with zero attached hydrogens (tertiary/aromatic N) is 3. The third-order valence-corrected chi connectivity index (χ3v) is 15.9. The van der Waals surface area contributed by atoms with Crippen molar-refractivity contribution < 1.29 is 73.4 Å². The summed E-state index contributed by atoms with van der Waals surface area (Å²) in [7, 11) is -8.36. The predicted molar refractivity (Wildman–Crippen MR) is 236 cm³/mol. The first kappa shape index (κ1) is 55.4. The molecule has 1 aromatic heterocycles. The number of carbonyl (C=O) groups is 3. The Morgan fingerprint density at radius 3 is 1.97 bits per heavy atom. The smallest absolute Gasteiger partial charge is 0.485 e. The minimum Gasteiger partial charge on any atom is -0.741 e. The van der Waals surface area contributed by atoms with Crippen LogP contribution in [0.3, 0.4) is 0 Å². The summed E-state index contributed by atoms with van der Waals surface area (Å²) in [5, 5.41) is 2.90. The lowest BCUT2D eigenvalue weighted by Gasteiger charge is -2.39. The molecule has 1 saturated heterocycles. The van der Waals surface area contributed by atoms with Crippen molar-refractivity contribution in [3.05, 3.63) is 36.2 Å². The van der Waals surface area contributed by atoms with Gasteiger partial charge in [-0.1, -0.05) is 26.8 Å². The van der Waals surface area contributed by atoms with Gasteiger partial charge in [-0.25, -0.2) is 28.7 Å². The van der Waals surface area contributed by atoms with E-state index in [1.54, 1.807) is 32.6 Å². The molecule has 4 rings (SSSR count). The van der Waals surface area contributed by atoms with Gasteiger partial charge in [-0.3, -0.25) is 4.84 Å². The molecule has 0 saturated carbocycles. The van der Waals surface area contributed by atoms with E-state index >= 15 is 0 Å². The van der Waals surface area contributed by atoms with Crippen molar-refractivity contribution in [2.24, 2.45) is 11.8 Å². The van der Waals surface area contributed by atoms with Crippen molar-refractivity contribution in [3.8, 4) is 16.9 Å². The molecular weight excluding hydrogens is 896 g/mol. The van der Waals surface area contributed by atoms with Crippen LogP contribution in [0.4, 0.5) is 22.8 Å². The molecule has 0 aliphatic carbocycles. The van der Waals surface area contributed by atoms with Gasteiger partial charge in [0.15, 0.2) is 25.0 Å². The highest BCUT2D eigenvalue weighted by Gasteiger charge is 2.49. The summed E-state index contributed by atoms with van der Waals surface area (Å²) in [5.41, 5.74) is -6.08. The number of alkyl carbamates (subject to hydrolysis) is 1. The van der Waals surface area contributed by atoms with Crippen LogP contribution in [0.15, 0.2) is 30.6 Å². The minimum atomic E-state index is -6.09. The van der Waals surface area contributed by atoms with Crippen LogP contribution in [0.1, 0.15) is 102 Å². The van der Waals surface area contributed by atoms with Crippen LogP contribution < -0.4 is 20.6 Å². The fourth-order valence-electron chi connectivity index (χ4n) is 6.44. The first-order valence-corrected chi connectivity index (χ1v) is 25.7. The Hall–Kier alpha value is -3.96. The second-order valence-corrected chi connectivity index (χ2v) is 27.3. The monoisotopic (exact) mass is 965 g/mol. The number of esters is 1. The highest BCUT2D eigenvalue weighted by molar-refractivity contribution is 7.86. The average molecular weight is 966 g/mol. The third-order valence-electron chi connectivity index (χ3n) is 10.8. The Morgan fingerprint density at radius 1 is 0.923 bits per heavy atom. The quantitative estimate of drug-likeness (QED) is 0.0419. The number of alkyl halides is 3. The normalized spacial score (nSPS) is 17.8. The van der Waals surface area contributed by atoms with Crippen molar-refractivity contribution in [1.82, 2.24) is 14.9 Å². The maximum atomic E-state index is 13.2. The van der Waals surface area contributed by atoms with Crippen LogP contribution in [-0.2, 0) is 57.9 Å². The molecule has 2 aromatic rings. The standard InChI is InChI=1S/C42H69N5O9Si.CHF3O3S/c1-38(2,3)52-35(48)42(13,56-43)34-19-17-30-20-29(16-18-33(30)51-34)31-25-46(24-28-22-45(23-28)37(50)54-40(7,8)9)47(26-31)27-32(55-57(14,15)41(10,11)12)21-44-36(49)53-39(4,5)6;2-1(3,4)8(5,6)7/h16,18,20,25-26,28,32,34H,17,19,21-24,27,43H2,1-15H3;(H,5,6,7)/t32-,34+,42-;/m0./s1. The zero-order chi connectivity index (χ0) is 49.9. The summed E-state index contributed by atoms with van der Waals surface area (Å²) in [5.74, 6) is 5.98. The number of rotatable bonds is 12. The van der Waals surface area contributed by atoms with Crippen LogP contribution in [0, 0.1) is 5.92 Å². The Morgan fingerprint density at radius 2 is 1.48 bits per heavy atom. The highest BCUT2D eigenvalue weighted by Crippen LogP contribution is 2.39. The average Bonchev–Trinajstić information content (AvgIpc) is 3.49. The van der Waals surface area contributed by atoms with Gasteiger partial charge in [0.2, 0.25) is 11.8 Å². The zero-order valence-electron chi connectivity index (χ0n) is 40.4. The van der Waals surface area contributed by atoms with Crippen molar-refractivity contribution in [2.75, 3.05) is 19.6 Å². The number of nitrogens with two attached hydrogens (primary N) is 1. The number of fused-ring (bicyclic) bond motifs is 1. The Bertz CT molecular complexity index is 2100. The number of carbonyl (C=O) groups excluding carboxylic acids is 3. The van der Waals surface area contributed by atoms with Gasteiger partial charge in [-0.2, -0.15) is 17.9 Å². The van der Waals surface area contributed by atoms with Crippen molar-refractivity contribution in [2.45, 2.75) is 174 Å². The van der Waals surface area contributed by atoms with Crippen LogP contribution in [-0.4, -0.2) is 109 Å². The lowest BCUT2D eigenvalue weighted by Crippen LogP contribution is -2.58. The number of hydrogen-bond acceptors (Lipinski definition) is 13. The summed E-state index contributed by atoms with van der Waals surface area (Å²) in [6.07, 6.45) is 3.56. The van der Waals surface area contributed by atoms with Crippen molar-refractivity contribution in [3.63, 3.8) is 0 Å². The SMILES string of the molecule is CC(C)(C)OC(=O)NC[C@@H](Cn1cc(-c2ccc3c(c2)CC[C@H]([C@](C)(ON)C(=O)OC(C)(C)C)O3)c[n+]1CC1CN(C(=O)OC(C)(C)C)C1)O[Si](C)(C)C(C)(C)C.O=S(=O)([O-])C(F)(F)F. The number of amides is 2. The van der Waals surface area contributed by atoms with Crippen molar-refractivity contribution in [1.29, 1.82) is 0 Å². The van der Waals surface area contributed by atoms with Gasteiger partial charge in [-0.15, -0.1) is 4.68 Å². The van der Waals surface area contributed by atoms with Gasteiger partial charge >= 0.3 is 23.7 Å². The lowest BCUT2D eigenvalue weighted by atomic mass is 9.89. The maximum Gasteiger partial charge on any atom is 0.485 e. The molecule has 3 N–H and O–H groups in total. The van der Waals surface area contributed by atoms with Crippen LogP contribution >= 0.6 is 0 Å². The molecule has 0 spiro atoms. The molecule has 0 radical (unpaired) electrons. The van der Waals surface area contributed by atoms with E-state index in [0.29, 0.717) is 44.8 Å². The predicted octanol–water partition coefficient (Wildman–Crippen LogP) is 6.96. The van der Waals surface area contributed by atoms with Gasteiger partial charge in [-0.05, 0) is 123 Å². The summed E-state index contributed by atoms with van der Waals surface area (Å²) < 4.78 is 93.4. The third kappa shape index (κ3) is 16.1. The van der Waals surface area contributed by atoms with Crippen LogP contribution in [0.5, 0.6) is 5.75 Å². The topological polar surface area (TPSA) is 214 Å². The number of benzene rings is 1. The molecular formula is C43H70F3N5O12SSi. The van der Waals surface area contributed by atoms with Crippen LogP contribution in [0.25, 0.3) is 11.1 Å². The van der Waals surface area contributed by atoms with Gasteiger partial charge < -0.3 is 38.1 Å². The molecule has 2 amide bonds. The van der Waals surface area contributed by atoms with Crippen molar-refractivity contribution >= 4 is 36.6 Å². The van der Waals surface area contributed by atoms with Crippen LogP contribution in [0.2, 0.25) is 18.1 Å². The van der Waals surface area contributed by atoms with E-state index in [1.165, 1.54) is 0 Å². The number of ether oxygens (including phenoxy) is 4. The molecule has 17 nitrogen and oxygen atoms in total. The first-order chi connectivity index (χ1) is 29.2. The van der Waals surface area contributed by atoms with E-state index in [-0.39, 0.29) is 29.7 Å². The molecule has 0 bridgehead atoms. The molecule has 1 fully saturated rings. The molecule has 2 aliphatic rings. The molecule has 3 atom stereocenters. The number of hydrogen-bond donors (Lipinski definition) is 2. The molecule has 1 aromatic carbocycles. The molecule has 0 unspecified atom stereocenters. The van der Waals surface area contributed by atoms with E-state index < -0.39 is 64.5 Å². The zero-order valence-corrected chi connectivity index (χ0v) is 42.2. The number of halogens is 3. The minimum absolute atomic E-state index is 0.0587. The second kappa shape index (κ2) is 20.1. The Kier molecular flexibility index (Phi) is 17.1. The summed E-state index contributed by atoms with van der Waals surface area (Å²) in [6.45, 7) is 31.7. The fraction of sp³-hybridized carbons (Fsp3) is 0.721. The maximum absolute atomic E-state index is 13.2. The largest absolute Gasteiger partial charge is 0.741 e. The van der Waals surface area contributed by atoms with E-state index in [2.05, 4.69) is 67.0 Å². The second-order valence-electron chi connectivity index (χ2n) is 21.2. The van der Waals surface area contributed by atoms with E-state index in [4.69, 9.17) is 47.1 Å². The number of aryl methyl sites for hydroxylation is 1. The summed E-state index contributed by atoms with van der Waals surface area (Å²) >= 11 is 0. The summed E-state index contributed by atoms with van der Waals surface area (Å²) in [6, 6.07) is 6.04. The van der Waals surface area contributed by atoms with Gasteiger partial charge in [0.1, 0.15) is 35.2 Å². The van der Waals surface area contributed by atoms with E-state index in [1.807, 2.05) is 53.7 Å². The number of likely N-dealkylation sites (tertiary alicyclic amines) is 1. The highest BCUT2D eigenvalue weighted by atomic mass is 32.2. The molecule has 22 heteroatoms. The molecule has 3 heterocycles. The number of nitrogens with one attached hydrogen (secondary N) is 1. The molecule has 65 heavy (non-hydrogen) atoms. The molecule has 2 aliphatic heterocycles. The Labute approximate surface area is 382 Å². The van der Waals surface area contributed by atoms with Gasteiger partial charge in [0, 0.05) is 19.6 Å². The summed E-state index contributed by atoms with van der Waals surface area (Å²) in [4.78, 5) is 45.7. The fourth-order valence-corrected chi connectivity index (χ4v) is 7.78. The van der Waals surface area contributed by atoms with Gasteiger partial charge in [0.05, 0.1) is 23.8 Å². The molecule has 370 valence electrons. The first-order valence-electron chi connectivity index (χ1n) is 21.4. The van der Waals surface area contributed by atoms with Gasteiger partial charge in [0.25, 0.3) is 0 Å². The van der Waals surface area contributed by atoms with E-state index in [9.17, 15) is 27.6 Å². The Balaban J connectivity index is 0.00000128. The van der Waals surface area contributed by atoms with E-state index in [0.717, 1.165) is 16.7 Å². The number of aromatic nitrogens is 2.